The van der Waals surface area contributed by atoms with Crippen LogP contribution in [-0.4, -0.2) is 12.7 Å². The molecule has 4 nitrogen and oxygen atoms in total. The molecule has 0 fully saturated rings. The summed E-state index contributed by atoms with van der Waals surface area (Å²) in [6.07, 6.45) is 0.264. The molecule has 0 radical (unpaired) electrons. The number of fused-ring (bicyclic) bond motifs is 2. The van der Waals surface area contributed by atoms with E-state index in [2.05, 4.69) is 0 Å². The molecule has 1 amide bonds. The van der Waals surface area contributed by atoms with Crippen LogP contribution in [0, 0.1) is 0 Å². The Bertz CT molecular complexity index is 576. The molecule has 0 aliphatic carbocycles. The van der Waals surface area contributed by atoms with E-state index in [1.807, 2.05) is 17.5 Å². The Hall–Kier alpha value is -1.75. The maximum Gasteiger partial charge on any atom is 0.231 e. The zero-order valence-electron chi connectivity index (χ0n) is 8.36. The molecule has 0 unspecified atom stereocenters. The van der Waals surface area contributed by atoms with Crippen LogP contribution < -0.4 is 15.2 Å². The Morgan fingerprint density at radius 3 is 2.88 bits per heavy atom. The highest BCUT2D eigenvalue weighted by atomic mass is 32.1. The van der Waals surface area contributed by atoms with Crippen molar-refractivity contribution in [2.75, 3.05) is 6.79 Å². The fraction of sp³-hybridized carbons (Fsp3) is 0.182. The van der Waals surface area contributed by atoms with Crippen LogP contribution in [0.1, 0.15) is 5.56 Å². The minimum Gasteiger partial charge on any atom is -0.454 e. The lowest BCUT2D eigenvalue weighted by Crippen LogP contribution is -2.13. The van der Waals surface area contributed by atoms with Crippen molar-refractivity contribution in [1.29, 1.82) is 0 Å². The van der Waals surface area contributed by atoms with Gasteiger partial charge in [0.2, 0.25) is 12.7 Å². The first kappa shape index (κ1) is 9.47. The molecule has 0 atom stereocenters. The van der Waals surface area contributed by atoms with Gasteiger partial charge in [-0.3, -0.25) is 4.79 Å². The van der Waals surface area contributed by atoms with Crippen molar-refractivity contribution in [2.45, 2.75) is 6.42 Å². The maximum atomic E-state index is 10.9. The molecule has 0 saturated heterocycles. The molecule has 2 heterocycles. The number of benzene rings is 1. The number of nitrogens with two attached hydrogens (primary N) is 1. The molecule has 1 aromatic heterocycles. The lowest BCUT2D eigenvalue weighted by molar-refractivity contribution is -0.117. The predicted octanol–water partition coefficient (Wildman–Crippen LogP) is 1.66. The van der Waals surface area contributed by atoms with Crippen LogP contribution in [0.5, 0.6) is 11.5 Å². The van der Waals surface area contributed by atoms with Gasteiger partial charge in [0, 0.05) is 16.2 Å². The van der Waals surface area contributed by atoms with Gasteiger partial charge in [0.25, 0.3) is 0 Å². The van der Waals surface area contributed by atoms with Gasteiger partial charge < -0.3 is 15.2 Å². The number of hydrogen-bond acceptors (Lipinski definition) is 4. The number of carbonyl (C=O) groups is 1. The number of carbonyl (C=O) groups excluding carboxylic acids is 1. The quantitative estimate of drug-likeness (QED) is 0.861. The second kappa shape index (κ2) is 3.38. The summed E-state index contributed by atoms with van der Waals surface area (Å²) in [5.41, 5.74) is 6.15. The molecule has 0 spiro atoms. The Labute approximate surface area is 95.6 Å². The molecule has 16 heavy (non-hydrogen) atoms. The van der Waals surface area contributed by atoms with Gasteiger partial charge in [-0.25, -0.2) is 0 Å². The van der Waals surface area contributed by atoms with Gasteiger partial charge in [-0.05, 0) is 17.0 Å². The van der Waals surface area contributed by atoms with Crippen LogP contribution in [-0.2, 0) is 11.2 Å². The normalized spacial score (nSPS) is 13.2. The van der Waals surface area contributed by atoms with E-state index in [-0.39, 0.29) is 19.1 Å². The standard InChI is InChI=1S/C11H9NO3S/c12-11(13)1-6-4-16-10-3-9-8(2-7(6)10)14-5-15-9/h2-4H,1,5H2,(H2,12,13). The van der Waals surface area contributed by atoms with Crippen molar-refractivity contribution in [3.63, 3.8) is 0 Å². The van der Waals surface area contributed by atoms with Crippen molar-refractivity contribution in [2.24, 2.45) is 5.73 Å². The maximum absolute atomic E-state index is 10.9. The molecule has 1 aliphatic rings. The monoisotopic (exact) mass is 235 g/mol. The van der Waals surface area contributed by atoms with Gasteiger partial charge in [0.15, 0.2) is 11.5 Å². The van der Waals surface area contributed by atoms with Crippen LogP contribution in [0.15, 0.2) is 17.5 Å². The smallest absolute Gasteiger partial charge is 0.231 e. The fourth-order valence-corrected chi connectivity index (χ4v) is 2.77. The van der Waals surface area contributed by atoms with E-state index in [4.69, 9.17) is 15.2 Å². The third-order valence-electron chi connectivity index (χ3n) is 2.51. The molecule has 0 bridgehead atoms. The number of hydrogen-bond donors (Lipinski definition) is 1. The van der Waals surface area contributed by atoms with E-state index in [1.165, 1.54) is 0 Å². The third kappa shape index (κ3) is 1.40. The molecular formula is C11H9NO3S. The van der Waals surface area contributed by atoms with Gasteiger partial charge in [-0.2, -0.15) is 0 Å². The van der Waals surface area contributed by atoms with Crippen molar-refractivity contribution in [3.05, 3.63) is 23.1 Å². The fourth-order valence-electron chi connectivity index (χ4n) is 1.79. The van der Waals surface area contributed by atoms with Crippen LogP contribution >= 0.6 is 11.3 Å². The van der Waals surface area contributed by atoms with Crippen LogP contribution in [0.2, 0.25) is 0 Å². The molecule has 82 valence electrons. The first-order valence-corrected chi connectivity index (χ1v) is 5.70. The summed E-state index contributed by atoms with van der Waals surface area (Å²) in [5, 5.41) is 2.97. The van der Waals surface area contributed by atoms with Crippen LogP contribution in [0.4, 0.5) is 0 Å². The number of amides is 1. The average molecular weight is 235 g/mol. The van der Waals surface area contributed by atoms with Crippen molar-refractivity contribution < 1.29 is 14.3 Å². The van der Waals surface area contributed by atoms with Crippen LogP contribution in [0.25, 0.3) is 10.1 Å². The molecule has 0 saturated carbocycles. The van der Waals surface area contributed by atoms with E-state index < -0.39 is 0 Å². The van der Waals surface area contributed by atoms with Gasteiger partial charge in [0.05, 0.1) is 6.42 Å². The molecule has 1 aromatic carbocycles. The summed E-state index contributed by atoms with van der Waals surface area (Å²) < 4.78 is 11.7. The SMILES string of the molecule is NC(=O)Cc1csc2cc3c(cc12)OCO3. The van der Waals surface area contributed by atoms with Gasteiger partial charge in [-0.15, -0.1) is 11.3 Å². The molecular weight excluding hydrogens is 226 g/mol. The van der Waals surface area contributed by atoms with Crippen molar-refractivity contribution in [3.8, 4) is 11.5 Å². The predicted molar refractivity (Wildman–Crippen MR) is 60.8 cm³/mol. The molecule has 2 aromatic rings. The summed E-state index contributed by atoms with van der Waals surface area (Å²) >= 11 is 1.58. The highest BCUT2D eigenvalue weighted by Crippen LogP contribution is 2.39. The Morgan fingerprint density at radius 1 is 1.38 bits per heavy atom. The van der Waals surface area contributed by atoms with E-state index in [0.29, 0.717) is 0 Å². The van der Waals surface area contributed by atoms with E-state index in [0.717, 1.165) is 27.1 Å². The number of primary amides is 1. The number of ether oxygens (including phenoxy) is 2. The largest absolute Gasteiger partial charge is 0.454 e. The molecule has 2 N–H and O–H groups in total. The Morgan fingerprint density at radius 2 is 2.12 bits per heavy atom. The van der Waals surface area contributed by atoms with E-state index >= 15 is 0 Å². The first-order valence-electron chi connectivity index (χ1n) is 4.82. The summed E-state index contributed by atoms with van der Waals surface area (Å²) in [4.78, 5) is 10.9. The van der Waals surface area contributed by atoms with E-state index in [9.17, 15) is 4.79 Å². The second-order valence-electron chi connectivity index (χ2n) is 3.61. The second-order valence-corrected chi connectivity index (χ2v) is 4.52. The lowest BCUT2D eigenvalue weighted by atomic mass is 10.1. The van der Waals surface area contributed by atoms with Crippen LogP contribution in [0.3, 0.4) is 0 Å². The highest BCUT2D eigenvalue weighted by Gasteiger charge is 2.16. The average Bonchev–Trinajstić information content (AvgIpc) is 2.81. The highest BCUT2D eigenvalue weighted by molar-refractivity contribution is 7.17. The molecule has 3 rings (SSSR count). The zero-order chi connectivity index (χ0) is 11.1. The summed E-state index contributed by atoms with van der Waals surface area (Å²) in [7, 11) is 0. The third-order valence-corrected chi connectivity index (χ3v) is 3.51. The minimum atomic E-state index is -0.322. The first-order chi connectivity index (χ1) is 7.74. The van der Waals surface area contributed by atoms with E-state index in [1.54, 1.807) is 11.3 Å². The number of rotatable bonds is 2. The Kier molecular flexibility index (Phi) is 2.00. The number of thiophene rings is 1. The summed E-state index contributed by atoms with van der Waals surface area (Å²) in [6, 6.07) is 3.85. The molecule has 1 aliphatic heterocycles. The zero-order valence-corrected chi connectivity index (χ0v) is 9.17. The molecule has 5 heteroatoms. The lowest BCUT2D eigenvalue weighted by Gasteiger charge is -1.98. The minimum absolute atomic E-state index is 0.262. The van der Waals surface area contributed by atoms with Crippen molar-refractivity contribution in [1.82, 2.24) is 0 Å². The topological polar surface area (TPSA) is 61.6 Å². The Balaban J connectivity index is 2.15. The van der Waals surface area contributed by atoms with Gasteiger partial charge in [0.1, 0.15) is 0 Å². The summed E-state index contributed by atoms with van der Waals surface area (Å²) in [5.74, 6) is 1.17. The van der Waals surface area contributed by atoms with Gasteiger partial charge >= 0.3 is 0 Å². The van der Waals surface area contributed by atoms with Gasteiger partial charge in [-0.1, -0.05) is 0 Å². The summed E-state index contributed by atoms with van der Waals surface area (Å²) in [6.45, 7) is 0.262. The van der Waals surface area contributed by atoms with Crippen molar-refractivity contribution >= 4 is 27.3 Å².